The van der Waals surface area contributed by atoms with Crippen LogP contribution in [0.2, 0.25) is 0 Å². The predicted molar refractivity (Wildman–Crippen MR) is 128 cm³/mol. The van der Waals surface area contributed by atoms with E-state index in [0.717, 1.165) is 19.6 Å². The van der Waals surface area contributed by atoms with Crippen LogP contribution < -0.4 is 10.4 Å². The number of carboxylic acid groups (broad SMARTS) is 2. The lowest BCUT2D eigenvalue weighted by atomic mass is 9.71. The van der Waals surface area contributed by atoms with Gasteiger partial charge in [-0.2, -0.15) is 0 Å². The summed E-state index contributed by atoms with van der Waals surface area (Å²) in [5.41, 5.74) is 7.40. The second-order valence-corrected chi connectivity index (χ2v) is 9.28. The zero-order valence-corrected chi connectivity index (χ0v) is 20.4. The zero-order chi connectivity index (χ0) is 25.9. The summed E-state index contributed by atoms with van der Waals surface area (Å²) in [6.07, 6.45) is -0.740. The number of carbonyl (C=O) groups is 3. The summed E-state index contributed by atoms with van der Waals surface area (Å²) in [7, 11) is 2.28. The highest BCUT2D eigenvalue weighted by molar-refractivity contribution is 5.83. The maximum absolute atomic E-state index is 12.5. The molecule has 0 saturated carbocycles. The number of hydrazine groups is 1. The molecule has 1 aromatic rings. The van der Waals surface area contributed by atoms with Gasteiger partial charge in [0.1, 0.15) is 0 Å². The molecule has 1 fully saturated rings. The second-order valence-electron chi connectivity index (χ2n) is 9.28. The van der Waals surface area contributed by atoms with Crippen molar-refractivity contribution in [3.8, 4) is 0 Å². The summed E-state index contributed by atoms with van der Waals surface area (Å²) < 4.78 is 0. The Labute approximate surface area is 204 Å². The Balaban J connectivity index is 0.000000292. The average molecular weight is 493 g/mol. The number of hydrogen-bond donors (Lipinski definition) is 5. The molecule has 11 heteroatoms. The lowest BCUT2D eigenvalue weighted by molar-refractivity contribution is -0.165. The van der Waals surface area contributed by atoms with Gasteiger partial charge in [-0.1, -0.05) is 12.1 Å². The number of benzene rings is 1. The number of nitrogens with zero attached hydrogens (tertiary/aromatic N) is 3. The number of fused-ring (bicyclic) bond motifs is 2. The normalized spacial score (nSPS) is 24.3. The van der Waals surface area contributed by atoms with E-state index in [9.17, 15) is 14.4 Å². The lowest BCUT2D eigenvalue weighted by Crippen LogP contribution is -2.49. The van der Waals surface area contributed by atoms with Crippen molar-refractivity contribution >= 4 is 23.7 Å². The number of likely N-dealkylation sites (tertiary alicyclic amines) is 1. The number of anilines is 1. The number of piperidine rings is 1. The Bertz CT molecular complexity index is 920. The maximum Gasteiger partial charge on any atom is 0.336 e. The standard InChI is InChI=1S/C20H30N4O.C4H6O6/c1-4-23(5-2)20(25)21-24-13-14-12-18-15(9-7-11-22(18)3)16-8-6-10-17(24)19(14)16;5-1(3(7)8)2(6)4(9)10/h6,8,10,14-15,18H,4-5,7,9,11-13H2,1-3H3,(H,21,25);1-2,5-6H,(H,7,8)(H,9,10)/t14?,15-,18-;/m1./s1. The van der Waals surface area contributed by atoms with Gasteiger partial charge in [0.05, 0.1) is 5.69 Å². The number of aliphatic hydroxyl groups is 2. The highest BCUT2D eigenvalue weighted by Crippen LogP contribution is 2.51. The van der Waals surface area contributed by atoms with Crippen molar-refractivity contribution in [3.63, 3.8) is 0 Å². The average Bonchev–Trinajstić information content (AvgIpc) is 3.18. The Morgan fingerprint density at radius 2 is 1.74 bits per heavy atom. The first-order valence-corrected chi connectivity index (χ1v) is 12.1. The van der Waals surface area contributed by atoms with Crippen LogP contribution >= 0.6 is 0 Å². The minimum atomic E-state index is -2.27. The molecule has 1 aliphatic carbocycles. The van der Waals surface area contributed by atoms with Gasteiger partial charge in [0, 0.05) is 31.6 Å². The van der Waals surface area contributed by atoms with E-state index in [2.05, 4.69) is 40.6 Å². The number of carboxylic acids is 2. The number of rotatable bonds is 6. The molecule has 1 aromatic carbocycles. The van der Waals surface area contributed by atoms with Gasteiger partial charge >= 0.3 is 18.0 Å². The highest BCUT2D eigenvalue weighted by Gasteiger charge is 2.44. The molecule has 0 bridgehead atoms. The number of urea groups is 1. The molecule has 2 aliphatic heterocycles. The fourth-order valence-electron chi connectivity index (χ4n) is 5.47. The molecule has 0 spiro atoms. The molecule has 3 aliphatic rings. The maximum atomic E-state index is 12.5. The Hall–Kier alpha value is -2.89. The van der Waals surface area contributed by atoms with Gasteiger partial charge in [0.2, 0.25) is 0 Å². The first-order valence-electron chi connectivity index (χ1n) is 12.1. The molecule has 194 valence electrons. The summed E-state index contributed by atoms with van der Waals surface area (Å²) >= 11 is 0. The van der Waals surface area contributed by atoms with Crippen LogP contribution in [0.3, 0.4) is 0 Å². The summed E-state index contributed by atoms with van der Waals surface area (Å²) in [4.78, 5) is 36.5. The van der Waals surface area contributed by atoms with Gasteiger partial charge in [-0.3, -0.25) is 5.01 Å². The van der Waals surface area contributed by atoms with E-state index in [1.807, 2.05) is 18.7 Å². The smallest absolute Gasteiger partial charge is 0.336 e. The molecule has 4 rings (SSSR count). The van der Waals surface area contributed by atoms with Crippen LogP contribution in [-0.4, -0.2) is 99.7 Å². The molecule has 11 nitrogen and oxygen atoms in total. The van der Waals surface area contributed by atoms with Gasteiger partial charge in [-0.05, 0) is 69.8 Å². The Morgan fingerprint density at radius 3 is 2.31 bits per heavy atom. The molecule has 5 N–H and O–H groups in total. The minimum Gasteiger partial charge on any atom is -0.479 e. The van der Waals surface area contributed by atoms with E-state index in [4.69, 9.17) is 20.4 Å². The summed E-state index contributed by atoms with van der Waals surface area (Å²) in [5, 5.41) is 34.6. The number of hydrogen-bond acceptors (Lipinski definition) is 7. The van der Waals surface area contributed by atoms with Crippen molar-refractivity contribution in [2.24, 2.45) is 0 Å². The minimum absolute atomic E-state index is 0.00999. The molecule has 2 heterocycles. The summed E-state index contributed by atoms with van der Waals surface area (Å²) in [6, 6.07) is 7.34. The molecule has 1 saturated heterocycles. The molecule has 2 amide bonds. The van der Waals surface area contributed by atoms with Gasteiger partial charge < -0.3 is 30.2 Å². The van der Waals surface area contributed by atoms with Gasteiger partial charge in [-0.25, -0.2) is 19.8 Å². The second kappa shape index (κ2) is 11.2. The quantitative estimate of drug-likeness (QED) is 0.391. The number of aliphatic carboxylic acids is 2. The van der Waals surface area contributed by atoms with Crippen molar-refractivity contribution in [2.45, 2.75) is 63.2 Å². The van der Waals surface area contributed by atoms with Crippen molar-refractivity contribution < 1.29 is 34.8 Å². The monoisotopic (exact) mass is 492 g/mol. The van der Waals surface area contributed by atoms with Crippen LogP contribution in [0.25, 0.3) is 0 Å². The number of nitrogens with one attached hydrogen (secondary N) is 1. The largest absolute Gasteiger partial charge is 0.479 e. The summed E-state index contributed by atoms with van der Waals surface area (Å²) in [6.45, 7) is 7.64. The fraction of sp³-hybridized carbons (Fsp3) is 0.625. The van der Waals surface area contributed by atoms with Crippen LogP contribution in [0.4, 0.5) is 10.5 Å². The van der Waals surface area contributed by atoms with Crippen molar-refractivity contribution in [2.75, 3.05) is 38.2 Å². The highest BCUT2D eigenvalue weighted by atomic mass is 16.4. The number of aliphatic hydroxyl groups excluding tert-OH is 2. The van der Waals surface area contributed by atoms with E-state index in [1.165, 1.54) is 42.6 Å². The molecule has 5 atom stereocenters. The molecule has 0 radical (unpaired) electrons. The molecule has 3 unspecified atom stereocenters. The zero-order valence-electron chi connectivity index (χ0n) is 20.4. The number of amides is 2. The SMILES string of the molecule is CCN(CC)C(=O)NN1CC2C[C@@H]3[C@H](CCCN3C)c3cccc1c32.O=C(O)C(O)C(O)C(=O)O. The third-order valence-electron chi connectivity index (χ3n) is 7.29. The first kappa shape index (κ1) is 26.7. The van der Waals surface area contributed by atoms with Crippen molar-refractivity contribution in [1.82, 2.24) is 15.2 Å². The van der Waals surface area contributed by atoms with Gasteiger partial charge in [-0.15, -0.1) is 0 Å². The Kier molecular flexibility index (Phi) is 8.57. The van der Waals surface area contributed by atoms with Crippen LogP contribution in [0, 0.1) is 0 Å². The fourth-order valence-corrected chi connectivity index (χ4v) is 5.47. The first-order chi connectivity index (χ1) is 16.6. The van der Waals surface area contributed by atoms with Crippen LogP contribution in [0.15, 0.2) is 18.2 Å². The third kappa shape index (κ3) is 5.52. The third-order valence-corrected chi connectivity index (χ3v) is 7.29. The van der Waals surface area contributed by atoms with Gasteiger partial charge in [0.15, 0.2) is 12.2 Å². The lowest BCUT2D eigenvalue weighted by Gasteiger charge is -2.44. The topological polar surface area (TPSA) is 154 Å². The van der Waals surface area contributed by atoms with E-state index < -0.39 is 24.1 Å². The number of carbonyl (C=O) groups excluding carboxylic acids is 1. The van der Waals surface area contributed by atoms with E-state index >= 15 is 0 Å². The molecular weight excluding hydrogens is 456 g/mol. The van der Waals surface area contributed by atoms with E-state index in [1.54, 1.807) is 0 Å². The van der Waals surface area contributed by atoms with E-state index in [-0.39, 0.29) is 6.03 Å². The molecule has 35 heavy (non-hydrogen) atoms. The molecular formula is C24H36N4O7. The van der Waals surface area contributed by atoms with Crippen LogP contribution in [0.5, 0.6) is 0 Å². The van der Waals surface area contributed by atoms with Crippen LogP contribution in [-0.2, 0) is 9.59 Å². The number of likely N-dealkylation sites (N-methyl/N-ethyl adjacent to an activating group) is 1. The summed E-state index contributed by atoms with van der Waals surface area (Å²) in [5.74, 6) is -2.35. The van der Waals surface area contributed by atoms with Gasteiger partial charge in [0.25, 0.3) is 0 Å². The van der Waals surface area contributed by atoms with Crippen molar-refractivity contribution in [1.29, 1.82) is 0 Å². The van der Waals surface area contributed by atoms with Crippen LogP contribution in [0.1, 0.15) is 56.1 Å². The van der Waals surface area contributed by atoms with Crippen molar-refractivity contribution in [3.05, 3.63) is 29.3 Å². The Morgan fingerprint density at radius 1 is 1.11 bits per heavy atom. The van der Waals surface area contributed by atoms with E-state index in [0.29, 0.717) is 17.9 Å². The predicted octanol–water partition coefficient (Wildman–Crippen LogP) is 1.02. The molecule has 0 aromatic heterocycles.